The SMILES string of the molecule is CC1=C(c2ccc(O)cc2)Nc2ncnn2[C@H]1c1cccc(C#N)c1. The summed E-state index contributed by atoms with van der Waals surface area (Å²) in [5.74, 6) is 0.861. The molecule has 0 bridgehead atoms. The predicted molar refractivity (Wildman–Crippen MR) is 93.6 cm³/mol. The van der Waals surface area contributed by atoms with Crippen LogP contribution < -0.4 is 5.32 Å². The summed E-state index contributed by atoms with van der Waals surface area (Å²) in [6, 6.07) is 16.6. The van der Waals surface area contributed by atoms with Crippen LogP contribution in [-0.4, -0.2) is 19.9 Å². The fraction of sp³-hybridized carbons (Fsp3) is 0.105. The molecule has 0 saturated carbocycles. The third kappa shape index (κ3) is 2.52. The van der Waals surface area contributed by atoms with Crippen LogP contribution in [0.5, 0.6) is 5.75 Å². The number of hydrogen-bond donors (Lipinski definition) is 2. The minimum Gasteiger partial charge on any atom is -0.508 e. The molecule has 6 heteroatoms. The minimum atomic E-state index is -0.157. The van der Waals surface area contributed by atoms with Gasteiger partial charge in [0.15, 0.2) is 0 Å². The van der Waals surface area contributed by atoms with Crippen LogP contribution in [0.3, 0.4) is 0 Å². The monoisotopic (exact) mass is 329 g/mol. The largest absolute Gasteiger partial charge is 0.508 e. The number of phenols is 1. The Balaban J connectivity index is 1.89. The van der Waals surface area contributed by atoms with Crippen LogP contribution in [0.1, 0.15) is 29.7 Å². The zero-order valence-electron chi connectivity index (χ0n) is 13.5. The number of anilines is 1. The van der Waals surface area contributed by atoms with E-state index in [0.29, 0.717) is 11.5 Å². The lowest BCUT2D eigenvalue weighted by Crippen LogP contribution is -2.24. The summed E-state index contributed by atoms with van der Waals surface area (Å²) in [5, 5.41) is 26.4. The van der Waals surface area contributed by atoms with Gasteiger partial charge in [-0.1, -0.05) is 12.1 Å². The second-order valence-corrected chi connectivity index (χ2v) is 5.90. The van der Waals surface area contributed by atoms with Crippen molar-refractivity contribution >= 4 is 11.6 Å². The first kappa shape index (κ1) is 15.0. The highest BCUT2D eigenvalue weighted by molar-refractivity contribution is 5.80. The summed E-state index contributed by atoms with van der Waals surface area (Å²) in [6.45, 7) is 2.03. The zero-order chi connectivity index (χ0) is 17.4. The molecule has 2 heterocycles. The maximum absolute atomic E-state index is 9.54. The number of aromatic hydroxyl groups is 1. The van der Waals surface area contributed by atoms with Crippen molar-refractivity contribution in [3.8, 4) is 11.8 Å². The van der Waals surface area contributed by atoms with Crippen molar-refractivity contribution in [3.05, 3.63) is 77.1 Å². The first-order valence-corrected chi connectivity index (χ1v) is 7.84. The zero-order valence-corrected chi connectivity index (χ0v) is 13.5. The third-order valence-corrected chi connectivity index (χ3v) is 4.35. The fourth-order valence-corrected chi connectivity index (χ4v) is 3.16. The Morgan fingerprint density at radius 3 is 2.76 bits per heavy atom. The normalized spacial score (nSPS) is 16.1. The lowest BCUT2D eigenvalue weighted by molar-refractivity contribution is 0.475. The molecule has 0 aliphatic carbocycles. The van der Waals surface area contributed by atoms with Crippen LogP contribution >= 0.6 is 0 Å². The number of nitrogens with zero attached hydrogens (tertiary/aromatic N) is 4. The topological polar surface area (TPSA) is 86.8 Å². The molecule has 0 saturated heterocycles. The molecule has 25 heavy (non-hydrogen) atoms. The first-order chi connectivity index (χ1) is 12.2. The molecule has 6 nitrogen and oxygen atoms in total. The third-order valence-electron chi connectivity index (χ3n) is 4.35. The van der Waals surface area contributed by atoms with Gasteiger partial charge in [0, 0.05) is 5.70 Å². The molecule has 0 amide bonds. The maximum Gasteiger partial charge on any atom is 0.226 e. The molecule has 0 spiro atoms. The molecule has 1 aliphatic heterocycles. The lowest BCUT2D eigenvalue weighted by atomic mass is 9.93. The van der Waals surface area contributed by atoms with Gasteiger partial charge in [-0.25, -0.2) is 4.68 Å². The lowest BCUT2D eigenvalue weighted by Gasteiger charge is -2.29. The molecule has 0 unspecified atom stereocenters. The Labute approximate surface area is 144 Å². The van der Waals surface area contributed by atoms with Crippen molar-refractivity contribution in [2.24, 2.45) is 0 Å². The summed E-state index contributed by atoms with van der Waals surface area (Å²) in [5.41, 5.74) is 4.51. The minimum absolute atomic E-state index is 0.157. The van der Waals surface area contributed by atoms with Crippen LogP contribution in [-0.2, 0) is 0 Å². The molecule has 122 valence electrons. The van der Waals surface area contributed by atoms with Crippen LogP contribution in [0.4, 0.5) is 5.95 Å². The Hall–Kier alpha value is -3.59. The molecular formula is C19H15N5O. The van der Waals surface area contributed by atoms with Crippen LogP contribution in [0.25, 0.3) is 5.70 Å². The van der Waals surface area contributed by atoms with Crippen molar-refractivity contribution in [2.45, 2.75) is 13.0 Å². The maximum atomic E-state index is 9.54. The van der Waals surface area contributed by atoms with E-state index in [4.69, 9.17) is 0 Å². The highest BCUT2D eigenvalue weighted by Crippen LogP contribution is 2.38. The summed E-state index contributed by atoms with van der Waals surface area (Å²) in [7, 11) is 0. The van der Waals surface area contributed by atoms with Gasteiger partial charge in [-0.3, -0.25) is 0 Å². The highest BCUT2D eigenvalue weighted by atomic mass is 16.3. The second-order valence-electron chi connectivity index (χ2n) is 5.90. The molecule has 2 N–H and O–H groups in total. The van der Waals surface area contributed by atoms with E-state index in [1.165, 1.54) is 6.33 Å². The molecule has 1 aliphatic rings. The summed E-state index contributed by atoms with van der Waals surface area (Å²) < 4.78 is 1.82. The van der Waals surface area contributed by atoms with Crippen LogP contribution in [0, 0.1) is 11.3 Å². The van der Waals surface area contributed by atoms with Gasteiger partial charge < -0.3 is 10.4 Å². The molecule has 1 aromatic heterocycles. The van der Waals surface area contributed by atoms with E-state index in [9.17, 15) is 10.4 Å². The Morgan fingerprint density at radius 1 is 1.20 bits per heavy atom. The number of nitriles is 1. The van der Waals surface area contributed by atoms with Crippen molar-refractivity contribution in [3.63, 3.8) is 0 Å². The molecule has 0 radical (unpaired) electrons. The second kappa shape index (κ2) is 5.80. The van der Waals surface area contributed by atoms with E-state index in [1.807, 2.05) is 41.9 Å². The van der Waals surface area contributed by atoms with Crippen LogP contribution in [0.15, 0.2) is 60.4 Å². The van der Waals surface area contributed by atoms with Gasteiger partial charge in [-0.15, -0.1) is 0 Å². The number of fused-ring (bicyclic) bond motifs is 1. The molecule has 0 fully saturated rings. The number of allylic oxidation sites excluding steroid dienone is 1. The van der Waals surface area contributed by atoms with E-state index in [-0.39, 0.29) is 11.8 Å². The number of benzene rings is 2. The van der Waals surface area contributed by atoms with Crippen molar-refractivity contribution in [2.75, 3.05) is 5.32 Å². The number of phenolic OH excluding ortho intramolecular Hbond substituents is 1. The molecule has 2 aromatic carbocycles. The van der Waals surface area contributed by atoms with E-state index in [0.717, 1.165) is 22.4 Å². The number of aromatic nitrogens is 3. The van der Waals surface area contributed by atoms with Crippen molar-refractivity contribution in [1.82, 2.24) is 14.8 Å². The molecular weight excluding hydrogens is 314 g/mol. The fourth-order valence-electron chi connectivity index (χ4n) is 3.16. The number of rotatable bonds is 2. The van der Waals surface area contributed by atoms with Gasteiger partial charge in [-0.05, 0) is 60.0 Å². The Kier molecular flexibility index (Phi) is 3.47. The smallest absolute Gasteiger partial charge is 0.226 e. The van der Waals surface area contributed by atoms with E-state index in [2.05, 4.69) is 21.5 Å². The Bertz CT molecular complexity index is 1010. The van der Waals surface area contributed by atoms with Crippen molar-refractivity contribution < 1.29 is 5.11 Å². The van der Waals surface area contributed by atoms with Gasteiger partial charge in [0.1, 0.15) is 18.1 Å². The summed E-state index contributed by atoms with van der Waals surface area (Å²) in [6.07, 6.45) is 1.51. The van der Waals surface area contributed by atoms with Crippen molar-refractivity contribution in [1.29, 1.82) is 5.26 Å². The molecule has 1 atom stereocenters. The van der Waals surface area contributed by atoms with Crippen LogP contribution in [0.2, 0.25) is 0 Å². The van der Waals surface area contributed by atoms with Gasteiger partial charge >= 0.3 is 0 Å². The highest BCUT2D eigenvalue weighted by Gasteiger charge is 2.28. The molecule has 4 rings (SSSR count). The van der Waals surface area contributed by atoms with E-state index < -0.39 is 0 Å². The number of hydrogen-bond acceptors (Lipinski definition) is 5. The Morgan fingerprint density at radius 2 is 2.00 bits per heavy atom. The van der Waals surface area contributed by atoms with Gasteiger partial charge in [-0.2, -0.15) is 15.3 Å². The standard InChI is InChI=1S/C19H15N5O/c1-12-17(14-5-7-16(25)8-6-14)23-19-21-11-22-24(19)18(12)15-4-2-3-13(9-15)10-20/h2-9,11,18,25H,1H3,(H,21,22,23)/t18-/m1/s1. The average Bonchev–Trinajstić information content (AvgIpc) is 3.10. The summed E-state index contributed by atoms with van der Waals surface area (Å²) >= 11 is 0. The van der Waals surface area contributed by atoms with Gasteiger partial charge in [0.05, 0.1) is 11.6 Å². The van der Waals surface area contributed by atoms with E-state index in [1.54, 1.807) is 18.2 Å². The quantitative estimate of drug-likeness (QED) is 0.753. The predicted octanol–water partition coefficient (Wildman–Crippen LogP) is 3.30. The number of nitrogens with one attached hydrogen (secondary N) is 1. The summed E-state index contributed by atoms with van der Waals surface area (Å²) in [4.78, 5) is 4.30. The molecule has 3 aromatic rings. The van der Waals surface area contributed by atoms with Gasteiger partial charge in [0.2, 0.25) is 5.95 Å². The van der Waals surface area contributed by atoms with Gasteiger partial charge in [0.25, 0.3) is 0 Å². The average molecular weight is 329 g/mol. The first-order valence-electron chi connectivity index (χ1n) is 7.84. The van der Waals surface area contributed by atoms with E-state index >= 15 is 0 Å².